The first-order valence-electron chi connectivity index (χ1n) is 13.6. The number of rotatable bonds is 8. The van der Waals surface area contributed by atoms with E-state index in [2.05, 4.69) is 28.6 Å². The molecule has 2 aliphatic rings. The van der Waals surface area contributed by atoms with Gasteiger partial charge in [-0.2, -0.15) is 0 Å². The van der Waals surface area contributed by atoms with Crippen LogP contribution in [0.4, 0.5) is 4.39 Å². The Morgan fingerprint density at radius 1 is 1.26 bits per heavy atom. The maximum absolute atomic E-state index is 14.4. The molecule has 4 rings (SSSR count). The normalized spacial score (nSPS) is 21.8. The van der Waals surface area contributed by atoms with E-state index in [-0.39, 0.29) is 37.8 Å². The molecule has 0 bridgehead atoms. The molecular formula is C29H39FN4O4S. The minimum atomic E-state index is -1.92. The average Bonchev–Trinajstić information content (AvgIpc) is 3.28. The van der Waals surface area contributed by atoms with Crippen LogP contribution in [-0.4, -0.2) is 63.1 Å². The maximum atomic E-state index is 14.4. The number of aliphatic hydroxyl groups excluding tert-OH is 1. The van der Waals surface area contributed by atoms with Gasteiger partial charge in [-0.15, -0.1) is 11.3 Å². The van der Waals surface area contributed by atoms with Crippen LogP contribution in [0.5, 0.6) is 0 Å². The molecule has 10 heteroatoms. The van der Waals surface area contributed by atoms with E-state index in [0.29, 0.717) is 0 Å². The summed E-state index contributed by atoms with van der Waals surface area (Å²) in [6.07, 6.45) is 0.267. The molecule has 0 unspecified atom stereocenters. The first-order valence-corrected chi connectivity index (χ1v) is 14.4. The lowest BCUT2D eigenvalue weighted by Gasteiger charge is -2.36. The predicted molar refractivity (Wildman–Crippen MR) is 149 cm³/mol. The molecular weight excluding hydrogens is 519 g/mol. The zero-order valence-corrected chi connectivity index (χ0v) is 24.3. The second kappa shape index (κ2) is 11.0. The standard InChI is InChI=1S/C29H39FN4O4S/c1-7-18-12-19(23-17(3)31-15-39-23)8-9-21(18)16(2)32-25(36)22-13-20(35)14-34(22)26(37)24(28(4,5)6)33-27(38)29(30)10-11-29/h8-9,12,15-16,20,22,24,35H,7,10-11,13-14H2,1-6H3,(H,32,36)(H,33,38)/t16-,20+,22-,24+/m0/s1. The highest BCUT2D eigenvalue weighted by Crippen LogP contribution is 2.40. The number of halogens is 1. The van der Waals surface area contributed by atoms with Crippen molar-refractivity contribution in [1.29, 1.82) is 0 Å². The number of hydrogen-bond donors (Lipinski definition) is 3. The lowest BCUT2D eigenvalue weighted by Crippen LogP contribution is -2.59. The van der Waals surface area contributed by atoms with Gasteiger partial charge in [0.15, 0.2) is 5.67 Å². The van der Waals surface area contributed by atoms with Crippen molar-refractivity contribution in [3.63, 3.8) is 0 Å². The number of aliphatic hydroxyl groups is 1. The first kappa shape index (κ1) is 29.1. The van der Waals surface area contributed by atoms with Gasteiger partial charge < -0.3 is 20.6 Å². The van der Waals surface area contributed by atoms with Crippen molar-refractivity contribution in [3.8, 4) is 10.4 Å². The molecule has 8 nitrogen and oxygen atoms in total. The molecule has 39 heavy (non-hydrogen) atoms. The number of likely N-dealkylation sites (tertiary alicyclic amines) is 1. The number of thiazole rings is 1. The van der Waals surface area contributed by atoms with Crippen LogP contribution in [0, 0.1) is 12.3 Å². The van der Waals surface area contributed by atoms with E-state index in [1.165, 1.54) is 4.90 Å². The van der Waals surface area contributed by atoms with Crippen LogP contribution >= 0.6 is 11.3 Å². The predicted octanol–water partition coefficient (Wildman–Crippen LogP) is 3.85. The van der Waals surface area contributed by atoms with Crippen LogP contribution in [0.2, 0.25) is 0 Å². The molecule has 4 atom stereocenters. The summed E-state index contributed by atoms with van der Waals surface area (Å²) in [5, 5.41) is 16.1. The minimum Gasteiger partial charge on any atom is -0.391 e. The number of nitrogens with one attached hydrogen (secondary N) is 2. The summed E-state index contributed by atoms with van der Waals surface area (Å²) >= 11 is 1.59. The van der Waals surface area contributed by atoms with E-state index >= 15 is 0 Å². The van der Waals surface area contributed by atoms with Gasteiger partial charge in [0.05, 0.1) is 28.2 Å². The third-order valence-electron chi connectivity index (χ3n) is 7.71. The quantitative estimate of drug-likeness (QED) is 0.456. The number of carbonyl (C=O) groups is 3. The Hall–Kier alpha value is -2.85. The van der Waals surface area contributed by atoms with Gasteiger partial charge in [0.2, 0.25) is 11.8 Å². The molecule has 1 aliphatic carbocycles. The topological polar surface area (TPSA) is 112 Å². The molecule has 1 aliphatic heterocycles. The number of alkyl halides is 1. The number of β-amino-alcohol motifs (C(OH)–C–C–N with tert-alkyl or cyclic N) is 1. The molecule has 0 spiro atoms. The van der Waals surface area contributed by atoms with Crippen LogP contribution in [-0.2, 0) is 20.8 Å². The SMILES string of the molecule is CCc1cc(-c2scnc2C)ccc1[C@H](C)NC(=O)[C@@H]1C[C@@H](O)CN1C(=O)[C@@H](NC(=O)C1(F)CC1)C(C)(C)C. The fourth-order valence-electron chi connectivity index (χ4n) is 5.16. The lowest BCUT2D eigenvalue weighted by atomic mass is 9.85. The number of aryl methyl sites for hydroxylation is 2. The second-order valence-electron chi connectivity index (χ2n) is 11.9. The van der Waals surface area contributed by atoms with Gasteiger partial charge in [-0.05, 0) is 61.3 Å². The van der Waals surface area contributed by atoms with Crippen molar-refractivity contribution in [1.82, 2.24) is 20.5 Å². The van der Waals surface area contributed by atoms with Gasteiger partial charge >= 0.3 is 0 Å². The van der Waals surface area contributed by atoms with Crippen molar-refractivity contribution in [2.45, 2.75) is 97.1 Å². The van der Waals surface area contributed by atoms with E-state index in [0.717, 1.165) is 33.7 Å². The monoisotopic (exact) mass is 558 g/mol. The number of nitrogens with zero attached hydrogens (tertiary/aromatic N) is 2. The largest absolute Gasteiger partial charge is 0.391 e. The van der Waals surface area contributed by atoms with Gasteiger partial charge in [-0.25, -0.2) is 9.37 Å². The highest BCUT2D eigenvalue weighted by Gasteiger charge is 2.53. The summed E-state index contributed by atoms with van der Waals surface area (Å²) in [4.78, 5) is 46.4. The number of carbonyl (C=O) groups excluding carboxylic acids is 3. The summed E-state index contributed by atoms with van der Waals surface area (Å²) in [5.41, 5.74) is 3.31. The molecule has 212 valence electrons. The summed E-state index contributed by atoms with van der Waals surface area (Å²) in [6, 6.07) is 3.90. The Morgan fingerprint density at radius 2 is 1.95 bits per heavy atom. The molecule has 2 fully saturated rings. The Labute approximate surface area is 233 Å². The Morgan fingerprint density at radius 3 is 2.51 bits per heavy atom. The molecule has 1 saturated heterocycles. The molecule has 1 aromatic carbocycles. The van der Waals surface area contributed by atoms with E-state index in [1.54, 1.807) is 32.1 Å². The second-order valence-corrected chi connectivity index (χ2v) is 12.8. The zero-order chi connectivity index (χ0) is 28.7. The Bertz CT molecular complexity index is 1250. The number of amides is 3. The number of hydrogen-bond acceptors (Lipinski definition) is 6. The third-order valence-corrected chi connectivity index (χ3v) is 8.68. The Kier molecular flexibility index (Phi) is 8.19. The molecule has 1 aromatic heterocycles. The van der Waals surface area contributed by atoms with Gasteiger partial charge in [0, 0.05) is 13.0 Å². The molecule has 1 saturated carbocycles. The lowest BCUT2D eigenvalue weighted by molar-refractivity contribution is -0.145. The van der Waals surface area contributed by atoms with Gasteiger partial charge in [0.25, 0.3) is 5.91 Å². The highest BCUT2D eigenvalue weighted by atomic mass is 32.1. The fraction of sp³-hybridized carbons (Fsp3) is 0.586. The van der Waals surface area contributed by atoms with E-state index in [9.17, 15) is 23.9 Å². The maximum Gasteiger partial charge on any atom is 0.258 e. The number of aromatic nitrogens is 1. The molecule has 0 radical (unpaired) electrons. The van der Waals surface area contributed by atoms with Gasteiger partial charge in [-0.3, -0.25) is 14.4 Å². The van der Waals surface area contributed by atoms with E-state index in [1.807, 2.05) is 31.5 Å². The van der Waals surface area contributed by atoms with Crippen LogP contribution in [0.25, 0.3) is 10.4 Å². The Balaban J connectivity index is 1.51. The average molecular weight is 559 g/mol. The highest BCUT2D eigenvalue weighted by molar-refractivity contribution is 7.13. The van der Waals surface area contributed by atoms with Crippen LogP contribution in [0.1, 0.15) is 76.7 Å². The van der Waals surface area contributed by atoms with Crippen molar-refractivity contribution in [2.24, 2.45) is 5.41 Å². The van der Waals surface area contributed by atoms with Gasteiger partial charge in [-0.1, -0.05) is 39.8 Å². The smallest absolute Gasteiger partial charge is 0.258 e. The first-order chi connectivity index (χ1) is 18.2. The zero-order valence-electron chi connectivity index (χ0n) is 23.5. The third kappa shape index (κ3) is 6.17. The molecule has 3 amide bonds. The van der Waals surface area contributed by atoms with E-state index < -0.39 is 41.1 Å². The summed E-state index contributed by atoms with van der Waals surface area (Å²) in [5.74, 6) is -1.67. The number of benzene rings is 1. The molecule has 3 N–H and O–H groups in total. The van der Waals surface area contributed by atoms with Crippen molar-refractivity contribution in [2.75, 3.05) is 6.54 Å². The van der Waals surface area contributed by atoms with Crippen LogP contribution < -0.4 is 10.6 Å². The fourth-order valence-corrected chi connectivity index (χ4v) is 5.96. The van der Waals surface area contributed by atoms with Crippen molar-refractivity contribution >= 4 is 29.1 Å². The van der Waals surface area contributed by atoms with Crippen LogP contribution in [0.3, 0.4) is 0 Å². The van der Waals surface area contributed by atoms with Crippen LogP contribution in [0.15, 0.2) is 23.7 Å². The molecule has 2 heterocycles. The minimum absolute atomic E-state index is 0.0301. The van der Waals surface area contributed by atoms with Gasteiger partial charge in [0.1, 0.15) is 12.1 Å². The van der Waals surface area contributed by atoms with Crippen molar-refractivity contribution in [3.05, 3.63) is 40.5 Å². The van der Waals surface area contributed by atoms with Crippen molar-refractivity contribution < 1.29 is 23.9 Å². The van der Waals surface area contributed by atoms with E-state index in [4.69, 9.17) is 0 Å². The molecule has 2 aromatic rings. The summed E-state index contributed by atoms with van der Waals surface area (Å²) in [7, 11) is 0. The summed E-state index contributed by atoms with van der Waals surface area (Å²) in [6.45, 7) is 11.2. The summed E-state index contributed by atoms with van der Waals surface area (Å²) < 4.78 is 14.4.